The standard InChI is InChI=1S/C22H29N5O2/c1-5-23-22(24-13-12-16-10-11-19(28-3)20(14-16)29-4)25-15-21-26-17-8-6-7-9-18(17)27(21)2/h6-11,14H,5,12-13,15H2,1-4H3,(H2,23,24,25). The zero-order valence-corrected chi connectivity index (χ0v) is 17.5. The van der Waals surface area contributed by atoms with Crippen molar-refractivity contribution in [3.8, 4) is 11.5 Å². The first-order valence-corrected chi connectivity index (χ1v) is 9.79. The first kappa shape index (κ1) is 20.5. The highest BCUT2D eigenvalue weighted by molar-refractivity contribution is 5.80. The second kappa shape index (κ2) is 9.82. The summed E-state index contributed by atoms with van der Waals surface area (Å²) in [5, 5.41) is 6.68. The summed E-state index contributed by atoms with van der Waals surface area (Å²) in [4.78, 5) is 9.38. The minimum absolute atomic E-state index is 0.511. The first-order chi connectivity index (χ1) is 14.2. The number of aliphatic imine (C=N–C) groups is 1. The van der Waals surface area contributed by atoms with Gasteiger partial charge in [-0.3, -0.25) is 0 Å². The van der Waals surface area contributed by atoms with Gasteiger partial charge in [-0.05, 0) is 43.2 Å². The minimum atomic E-state index is 0.511. The van der Waals surface area contributed by atoms with Crippen LogP contribution in [0.25, 0.3) is 11.0 Å². The molecule has 0 unspecified atom stereocenters. The number of nitrogens with one attached hydrogen (secondary N) is 2. The lowest BCUT2D eigenvalue weighted by molar-refractivity contribution is 0.354. The van der Waals surface area contributed by atoms with E-state index in [0.29, 0.717) is 6.54 Å². The Balaban J connectivity index is 1.63. The summed E-state index contributed by atoms with van der Waals surface area (Å²) < 4.78 is 12.8. The van der Waals surface area contributed by atoms with Crippen LogP contribution in [-0.4, -0.2) is 42.8 Å². The Morgan fingerprint density at radius 1 is 1.07 bits per heavy atom. The Hall–Kier alpha value is -3.22. The van der Waals surface area contributed by atoms with Crippen LogP contribution in [-0.2, 0) is 20.0 Å². The van der Waals surface area contributed by atoms with Gasteiger partial charge in [0.15, 0.2) is 17.5 Å². The van der Waals surface area contributed by atoms with E-state index >= 15 is 0 Å². The van der Waals surface area contributed by atoms with Crippen LogP contribution < -0.4 is 20.1 Å². The van der Waals surface area contributed by atoms with Crippen LogP contribution in [0.5, 0.6) is 11.5 Å². The zero-order valence-electron chi connectivity index (χ0n) is 17.5. The fourth-order valence-electron chi connectivity index (χ4n) is 3.19. The minimum Gasteiger partial charge on any atom is -0.493 e. The third-order valence-corrected chi connectivity index (χ3v) is 4.76. The molecule has 0 fully saturated rings. The predicted octanol–water partition coefficient (Wildman–Crippen LogP) is 2.89. The summed E-state index contributed by atoms with van der Waals surface area (Å²) in [6.07, 6.45) is 0.844. The number of imidazole rings is 1. The van der Waals surface area contributed by atoms with Gasteiger partial charge in [-0.1, -0.05) is 18.2 Å². The molecule has 154 valence electrons. The van der Waals surface area contributed by atoms with E-state index in [1.165, 1.54) is 5.56 Å². The number of hydrogen-bond acceptors (Lipinski definition) is 4. The molecular weight excluding hydrogens is 366 g/mol. The lowest BCUT2D eigenvalue weighted by Gasteiger charge is -2.12. The van der Waals surface area contributed by atoms with Crippen molar-refractivity contribution in [1.29, 1.82) is 0 Å². The molecule has 1 heterocycles. The Morgan fingerprint density at radius 2 is 1.86 bits per heavy atom. The van der Waals surface area contributed by atoms with Crippen LogP contribution in [0, 0.1) is 0 Å². The van der Waals surface area contributed by atoms with Gasteiger partial charge in [-0.2, -0.15) is 0 Å². The van der Waals surface area contributed by atoms with Gasteiger partial charge in [0, 0.05) is 20.1 Å². The molecule has 1 aromatic heterocycles. The van der Waals surface area contributed by atoms with Gasteiger partial charge in [0.05, 0.1) is 25.3 Å². The molecule has 0 spiro atoms. The molecule has 3 rings (SSSR count). The lowest BCUT2D eigenvalue weighted by Crippen LogP contribution is -2.38. The summed E-state index contributed by atoms with van der Waals surface area (Å²) in [6, 6.07) is 14.1. The highest BCUT2D eigenvalue weighted by Crippen LogP contribution is 2.27. The number of aryl methyl sites for hydroxylation is 1. The normalized spacial score (nSPS) is 11.5. The summed E-state index contributed by atoms with van der Waals surface area (Å²) in [6.45, 7) is 4.12. The molecule has 2 aromatic carbocycles. The van der Waals surface area contributed by atoms with E-state index in [0.717, 1.165) is 53.8 Å². The number of hydrogen-bond donors (Lipinski definition) is 2. The van der Waals surface area contributed by atoms with Crippen molar-refractivity contribution in [2.24, 2.45) is 12.0 Å². The second-order valence-corrected chi connectivity index (χ2v) is 6.64. The number of ether oxygens (including phenoxy) is 2. The molecule has 29 heavy (non-hydrogen) atoms. The first-order valence-electron chi connectivity index (χ1n) is 9.79. The van der Waals surface area contributed by atoms with Crippen molar-refractivity contribution in [2.75, 3.05) is 27.3 Å². The molecule has 0 amide bonds. The maximum Gasteiger partial charge on any atom is 0.191 e. The highest BCUT2D eigenvalue weighted by Gasteiger charge is 2.08. The maximum atomic E-state index is 5.38. The van der Waals surface area contributed by atoms with E-state index in [9.17, 15) is 0 Å². The number of para-hydroxylation sites is 2. The molecule has 0 aliphatic heterocycles. The van der Waals surface area contributed by atoms with Crippen molar-refractivity contribution in [3.05, 3.63) is 53.9 Å². The van der Waals surface area contributed by atoms with Crippen LogP contribution in [0.3, 0.4) is 0 Å². The van der Waals surface area contributed by atoms with Gasteiger partial charge in [-0.25, -0.2) is 9.98 Å². The third-order valence-electron chi connectivity index (χ3n) is 4.76. The largest absolute Gasteiger partial charge is 0.493 e. The molecule has 0 saturated carbocycles. The molecule has 0 aliphatic carbocycles. The maximum absolute atomic E-state index is 5.38. The van der Waals surface area contributed by atoms with E-state index in [-0.39, 0.29) is 0 Å². The number of fused-ring (bicyclic) bond motifs is 1. The lowest BCUT2D eigenvalue weighted by atomic mass is 10.1. The summed E-state index contributed by atoms with van der Waals surface area (Å²) in [5.74, 6) is 3.19. The third kappa shape index (κ3) is 4.99. The van der Waals surface area contributed by atoms with E-state index in [2.05, 4.69) is 33.2 Å². The average Bonchev–Trinajstić information content (AvgIpc) is 3.07. The van der Waals surface area contributed by atoms with Gasteiger partial charge in [-0.15, -0.1) is 0 Å². The van der Waals surface area contributed by atoms with Crippen LogP contribution in [0.4, 0.5) is 0 Å². The molecule has 0 saturated heterocycles. The number of aromatic nitrogens is 2. The monoisotopic (exact) mass is 395 g/mol. The molecule has 0 bridgehead atoms. The Kier molecular flexibility index (Phi) is 6.94. The van der Waals surface area contributed by atoms with Crippen molar-refractivity contribution >= 4 is 17.0 Å². The van der Waals surface area contributed by atoms with E-state index in [1.54, 1.807) is 14.2 Å². The van der Waals surface area contributed by atoms with E-state index in [1.807, 2.05) is 43.4 Å². The molecule has 0 radical (unpaired) electrons. The quantitative estimate of drug-likeness (QED) is 0.453. The molecule has 7 nitrogen and oxygen atoms in total. The predicted molar refractivity (Wildman–Crippen MR) is 117 cm³/mol. The zero-order chi connectivity index (χ0) is 20.6. The molecule has 2 N–H and O–H groups in total. The molecule has 7 heteroatoms. The number of nitrogens with zero attached hydrogens (tertiary/aromatic N) is 3. The van der Waals surface area contributed by atoms with Crippen LogP contribution in [0.2, 0.25) is 0 Å². The summed E-state index contributed by atoms with van der Waals surface area (Å²) in [7, 11) is 5.32. The Bertz CT molecular complexity index is 980. The number of benzene rings is 2. The van der Waals surface area contributed by atoms with Gasteiger partial charge < -0.3 is 24.7 Å². The van der Waals surface area contributed by atoms with Crippen LogP contribution in [0.1, 0.15) is 18.3 Å². The van der Waals surface area contributed by atoms with Gasteiger partial charge >= 0.3 is 0 Å². The molecule has 0 aliphatic rings. The summed E-state index contributed by atoms with van der Waals surface area (Å²) >= 11 is 0. The Labute approximate surface area is 171 Å². The van der Waals surface area contributed by atoms with Crippen LogP contribution >= 0.6 is 0 Å². The van der Waals surface area contributed by atoms with Crippen molar-refractivity contribution < 1.29 is 9.47 Å². The van der Waals surface area contributed by atoms with Gasteiger partial charge in [0.2, 0.25) is 0 Å². The highest BCUT2D eigenvalue weighted by atomic mass is 16.5. The van der Waals surface area contributed by atoms with Crippen LogP contribution in [0.15, 0.2) is 47.5 Å². The molecular formula is C22H29N5O2. The van der Waals surface area contributed by atoms with Crippen molar-refractivity contribution in [2.45, 2.75) is 19.9 Å². The average molecular weight is 396 g/mol. The number of guanidine groups is 1. The number of methoxy groups -OCH3 is 2. The summed E-state index contributed by atoms with van der Waals surface area (Å²) in [5.41, 5.74) is 3.28. The topological polar surface area (TPSA) is 72.7 Å². The van der Waals surface area contributed by atoms with E-state index in [4.69, 9.17) is 14.5 Å². The van der Waals surface area contributed by atoms with E-state index < -0.39 is 0 Å². The molecule has 3 aromatic rings. The SMILES string of the molecule is CCNC(=NCc1nc2ccccc2n1C)NCCc1ccc(OC)c(OC)c1. The second-order valence-electron chi connectivity index (χ2n) is 6.64. The fraction of sp³-hybridized carbons (Fsp3) is 0.364. The van der Waals surface area contributed by atoms with Gasteiger partial charge in [0.1, 0.15) is 12.4 Å². The smallest absolute Gasteiger partial charge is 0.191 e. The molecule has 0 atom stereocenters. The van der Waals surface area contributed by atoms with Crippen molar-refractivity contribution in [1.82, 2.24) is 20.2 Å². The van der Waals surface area contributed by atoms with Crippen molar-refractivity contribution in [3.63, 3.8) is 0 Å². The fourth-order valence-corrected chi connectivity index (χ4v) is 3.19. The van der Waals surface area contributed by atoms with Gasteiger partial charge in [0.25, 0.3) is 0 Å². The number of rotatable bonds is 8. The Morgan fingerprint density at radius 3 is 2.59 bits per heavy atom.